The van der Waals surface area contributed by atoms with Gasteiger partial charge in [0.1, 0.15) is 11.3 Å². The molecule has 1 saturated carbocycles. The van der Waals surface area contributed by atoms with E-state index in [0.29, 0.717) is 29.8 Å². The molecule has 2 aromatic rings. The van der Waals surface area contributed by atoms with Gasteiger partial charge in [-0.3, -0.25) is 9.69 Å². The summed E-state index contributed by atoms with van der Waals surface area (Å²) in [5, 5.41) is 4.59. The number of carbonyl (C=O) groups excluding carboxylic acids is 1. The van der Waals surface area contributed by atoms with Crippen LogP contribution >= 0.6 is 23.2 Å². The number of hydrogen-bond acceptors (Lipinski definition) is 4. The summed E-state index contributed by atoms with van der Waals surface area (Å²) in [6.45, 7) is 3.57. The number of methoxy groups -OCH3 is 1. The van der Waals surface area contributed by atoms with Crippen molar-refractivity contribution < 1.29 is 14.3 Å². The average Bonchev–Trinajstić information content (AvgIpc) is 3.17. The molecule has 3 aliphatic rings. The highest BCUT2D eigenvalue weighted by Gasteiger charge is 2.60. The van der Waals surface area contributed by atoms with Crippen LogP contribution in [0, 0.1) is 5.92 Å². The van der Waals surface area contributed by atoms with Gasteiger partial charge in [0.2, 0.25) is 5.91 Å². The molecule has 2 saturated heterocycles. The van der Waals surface area contributed by atoms with Crippen LogP contribution in [0.1, 0.15) is 35.8 Å². The Balaban J connectivity index is 1.62. The summed E-state index contributed by atoms with van der Waals surface area (Å²) >= 11 is 12.5. The minimum atomic E-state index is -0.510. The van der Waals surface area contributed by atoms with Gasteiger partial charge in [0.05, 0.1) is 20.3 Å². The lowest BCUT2D eigenvalue weighted by Gasteiger charge is -2.52. The Morgan fingerprint density at radius 2 is 1.81 bits per heavy atom. The highest BCUT2D eigenvalue weighted by Crippen LogP contribution is 2.56. The van der Waals surface area contributed by atoms with E-state index in [1.54, 1.807) is 7.11 Å². The van der Waals surface area contributed by atoms with Gasteiger partial charge in [0.15, 0.2) is 0 Å². The molecule has 0 spiro atoms. The van der Waals surface area contributed by atoms with E-state index in [0.717, 1.165) is 37.2 Å². The van der Waals surface area contributed by atoms with Crippen LogP contribution in [0.25, 0.3) is 0 Å². The molecule has 32 heavy (non-hydrogen) atoms. The Labute approximate surface area is 199 Å². The Kier molecular flexibility index (Phi) is 6.10. The van der Waals surface area contributed by atoms with Crippen molar-refractivity contribution in [3.63, 3.8) is 0 Å². The van der Waals surface area contributed by atoms with Crippen LogP contribution in [0.5, 0.6) is 5.75 Å². The zero-order valence-corrected chi connectivity index (χ0v) is 19.7. The van der Waals surface area contributed by atoms with Crippen LogP contribution in [-0.2, 0) is 9.53 Å². The number of morpholine rings is 1. The van der Waals surface area contributed by atoms with Crippen molar-refractivity contribution in [2.75, 3.05) is 40.0 Å². The molecule has 4 atom stereocenters. The molecule has 1 N–H and O–H groups in total. The van der Waals surface area contributed by atoms with Gasteiger partial charge in [0.25, 0.3) is 0 Å². The number of fused-ring (bicyclic) bond motifs is 1. The van der Waals surface area contributed by atoms with Gasteiger partial charge < -0.3 is 14.8 Å². The van der Waals surface area contributed by atoms with Crippen LogP contribution < -0.4 is 10.1 Å². The van der Waals surface area contributed by atoms with E-state index >= 15 is 0 Å². The summed E-state index contributed by atoms with van der Waals surface area (Å²) in [5.41, 5.74) is 1.84. The minimum absolute atomic E-state index is 0.133. The second-order valence-electron chi connectivity index (χ2n) is 8.95. The van der Waals surface area contributed by atoms with Gasteiger partial charge in [-0.2, -0.15) is 0 Å². The van der Waals surface area contributed by atoms with E-state index in [1.165, 1.54) is 5.56 Å². The third-order valence-corrected chi connectivity index (χ3v) is 8.10. The van der Waals surface area contributed by atoms with Gasteiger partial charge in [0, 0.05) is 35.6 Å². The molecular weight excluding hydrogens is 447 g/mol. The van der Waals surface area contributed by atoms with Gasteiger partial charge in [-0.15, -0.1) is 0 Å². The molecule has 5 nitrogen and oxygen atoms in total. The fraction of sp³-hybridized carbons (Fsp3) is 0.480. The molecule has 2 aromatic carbocycles. The van der Waals surface area contributed by atoms with Crippen LogP contribution in [0.2, 0.25) is 10.0 Å². The monoisotopic (exact) mass is 474 g/mol. The first-order chi connectivity index (χ1) is 15.5. The van der Waals surface area contributed by atoms with E-state index in [4.69, 9.17) is 32.7 Å². The largest absolute Gasteiger partial charge is 0.496 e. The second-order valence-corrected chi connectivity index (χ2v) is 9.82. The smallest absolute Gasteiger partial charge is 0.240 e. The maximum Gasteiger partial charge on any atom is 0.240 e. The zero-order valence-electron chi connectivity index (χ0n) is 18.2. The Morgan fingerprint density at radius 3 is 2.53 bits per heavy atom. The number of amides is 1. The van der Waals surface area contributed by atoms with Crippen molar-refractivity contribution >= 4 is 29.1 Å². The topological polar surface area (TPSA) is 50.8 Å². The Hall–Kier alpha value is -1.79. The van der Waals surface area contributed by atoms with Crippen molar-refractivity contribution in [2.45, 2.75) is 30.2 Å². The molecule has 1 amide bonds. The lowest BCUT2D eigenvalue weighted by molar-refractivity contribution is -0.139. The molecule has 2 heterocycles. The van der Waals surface area contributed by atoms with Crippen molar-refractivity contribution in [1.29, 1.82) is 0 Å². The minimum Gasteiger partial charge on any atom is -0.496 e. The lowest BCUT2D eigenvalue weighted by atomic mass is 9.59. The normalized spacial score (nSPS) is 30.6. The maximum atomic E-state index is 13.4. The molecule has 2 aliphatic heterocycles. The molecule has 4 unspecified atom stereocenters. The van der Waals surface area contributed by atoms with Crippen LogP contribution in [0.15, 0.2) is 42.5 Å². The molecule has 5 rings (SSSR count). The summed E-state index contributed by atoms with van der Waals surface area (Å²) in [7, 11) is 1.69. The molecule has 3 fully saturated rings. The number of hydrogen-bond donors (Lipinski definition) is 1. The average molecular weight is 475 g/mol. The summed E-state index contributed by atoms with van der Waals surface area (Å²) in [5.74, 6) is 1.43. The first-order valence-corrected chi connectivity index (χ1v) is 12.0. The number of nitrogens with zero attached hydrogens (tertiary/aromatic N) is 1. The number of nitrogens with one attached hydrogen (secondary N) is 1. The third kappa shape index (κ3) is 3.60. The molecule has 0 bridgehead atoms. The van der Waals surface area contributed by atoms with E-state index in [-0.39, 0.29) is 23.7 Å². The van der Waals surface area contributed by atoms with Gasteiger partial charge in [-0.25, -0.2) is 0 Å². The van der Waals surface area contributed by atoms with E-state index in [1.807, 2.05) is 24.3 Å². The van der Waals surface area contributed by atoms with Gasteiger partial charge in [-0.05, 0) is 60.1 Å². The summed E-state index contributed by atoms with van der Waals surface area (Å²) < 4.78 is 11.4. The first kappa shape index (κ1) is 22.0. The third-order valence-electron chi connectivity index (χ3n) is 7.62. The first-order valence-electron chi connectivity index (χ1n) is 11.2. The molecule has 0 radical (unpaired) electrons. The highest BCUT2D eigenvalue weighted by atomic mass is 35.5. The molecule has 1 aliphatic carbocycles. The van der Waals surface area contributed by atoms with Crippen LogP contribution in [0.3, 0.4) is 0 Å². The molecular formula is C25H28Cl2N2O3. The van der Waals surface area contributed by atoms with Crippen LogP contribution in [-0.4, -0.2) is 56.3 Å². The summed E-state index contributed by atoms with van der Waals surface area (Å²) in [4.78, 5) is 15.8. The molecule has 170 valence electrons. The second kappa shape index (κ2) is 8.86. The molecule has 7 heteroatoms. The number of halogens is 2. The van der Waals surface area contributed by atoms with Crippen molar-refractivity contribution in [3.05, 3.63) is 63.6 Å². The fourth-order valence-electron chi connectivity index (χ4n) is 6.24. The predicted octanol–water partition coefficient (Wildman–Crippen LogP) is 4.48. The van der Waals surface area contributed by atoms with Crippen LogP contribution in [0.4, 0.5) is 0 Å². The zero-order chi connectivity index (χ0) is 22.3. The molecule has 0 aromatic heterocycles. The van der Waals surface area contributed by atoms with E-state index in [9.17, 15) is 4.79 Å². The van der Waals surface area contributed by atoms with E-state index < -0.39 is 5.54 Å². The lowest BCUT2D eigenvalue weighted by Crippen LogP contribution is -2.63. The number of rotatable bonds is 4. The van der Waals surface area contributed by atoms with Crippen molar-refractivity contribution in [3.8, 4) is 5.75 Å². The summed E-state index contributed by atoms with van der Waals surface area (Å²) in [6.07, 6.45) is 1.69. The quantitative estimate of drug-likeness (QED) is 0.709. The number of carbonyl (C=O) groups is 1. The van der Waals surface area contributed by atoms with Crippen molar-refractivity contribution in [1.82, 2.24) is 10.2 Å². The Morgan fingerprint density at radius 1 is 1.09 bits per heavy atom. The van der Waals surface area contributed by atoms with Gasteiger partial charge in [-0.1, -0.05) is 41.4 Å². The predicted molar refractivity (Wildman–Crippen MR) is 126 cm³/mol. The maximum absolute atomic E-state index is 13.4. The standard InChI is InChI=1S/C25H28Cl2N2O3/c1-31-22-14-18(27)6-7-19(22)20-8-9-25(29-10-12-32-13-11-29)21(15-28-24(25)30)23(20)16-2-4-17(26)5-3-16/h2-7,14,20-21,23H,8-13,15H2,1H3,(H,28,30). The fourth-order valence-corrected chi connectivity index (χ4v) is 6.53. The summed E-state index contributed by atoms with van der Waals surface area (Å²) in [6, 6.07) is 14.0. The highest BCUT2D eigenvalue weighted by molar-refractivity contribution is 6.31. The number of ether oxygens (including phenoxy) is 2. The van der Waals surface area contributed by atoms with Gasteiger partial charge >= 0.3 is 0 Å². The Bertz CT molecular complexity index is 993. The SMILES string of the molecule is COc1cc(Cl)ccc1C1CCC2(N3CCOCC3)C(=O)NCC2C1c1ccc(Cl)cc1. The number of benzene rings is 2. The van der Waals surface area contributed by atoms with Crippen molar-refractivity contribution in [2.24, 2.45) is 5.92 Å². The van der Waals surface area contributed by atoms with E-state index in [2.05, 4.69) is 28.4 Å².